The van der Waals surface area contributed by atoms with E-state index in [1.807, 2.05) is 16.7 Å². The van der Waals surface area contributed by atoms with Crippen molar-refractivity contribution in [1.29, 1.82) is 0 Å². The summed E-state index contributed by atoms with van der Waals surface area (Å²) in [6, 6.07) is 11.5. The Balaban J connectivity index is 1.57. The molecule has 4 rings (SSSR count). The molecule has 2 heterocycles. The number of carbonyl (C=O) groups is 2. The van der Waals surface area contributed by atoms with Gasteiger partial charge in [-0.1, -0.05) is 17.7 Å². The molecule has 0 fully saturated rings. The Labute approximate surface area is 171 Å². The second-order valence-electron chi connectivity index (χ2n) is 6.66. The molecule has 0 radical (unpaired) electrons. The van der Waals surface area contributed by atoms with E-state index in [1.165, 1.54) is 18.2 Å². The van der Waals surface area contributed by atoms with Gasteiger partial charge in [0.2, 0.25) is 0 Å². The lowest BCUT2D eigenvalue weighted by Crippen LogP contribution is -2.39. The number of aldehydes is 1. The van der Waals surface area contributed by atoms with Gasteiger partial charge in [0.25, 0.3) is 5.91 Å². The summed E-state index contributed by atoms with van der Waals surface area (Å²) >= 11 is 5.94. The van der Waals surface area contributed by atoms with Gasteiger partial charge in [0.05, 0.1) is 6.54 Å². The smallest absolute Gasteiger partial charge is 0.423 e. The quantitative estimate of drug-likeness (QED) is 0.485. The lowest BCUT2D eigenvalue weighted by atomic mass is 9.77. The minimum atomic E-state index is -1.78. The van der Waals surface area contributed by atoms with E-state index in [2.05, 4.69) is 10.2 Å². The van der Waals surface area contributed by atoms with E-state index >= 15 is 0 Å². The van der Waals surface area contributed by atoms with Crippen LogP contribution >= 0.6 is 11.6 Å². The van der Waals surface area contributed by atoms with Crippen LogP contribution in [0.3, 0.4) is 0 Å². The maximum atomic E-state index is 12.9. The van der Waals surface area contributed by atoms with Crippen molar-refractivity contribution >= 4 is 36.4 Å². The van der Waals surface area contributed by atoms with Gasteiger partial charge in [-0.05, 0) is 41.9 Å². The van der Waals surface area contributed by atoms with Gasteiger partial charge in [-0.15, -0.1) is 10.2 Å². The van der Waals surface area contributed by atoms with Crippen molar-refractivity contribution in [2.45, 2.75) is 13.1 Å². The summed E-state index contributed by atoms with van der Waals surface area (Å²) in [5.41, 5.74) is 1.31. The first-order chi connectivity index (χ1) is 14.0. The minimum absolute atomic E-state index is 0.0579. The van der Waals surface area contributed by atoms with Gasteiger partial charge in [0.15, 0.2) is 11.6 Å². The Morgan fingerprint density at radius 1 is 1.10 bits per heavy atom. The highest BCUT2D eigenvalue weighted by Crippen LogP contribution is 2.24. The monoisotopic (exact) mass is 410 g/mol. The van der Waals surface area contributed by atoms with Crippen molar-refractivity contribution in [3.63, 3.8) is 0 Å². The molecule has 1 aliphatic rings. The average molecular weight is 411 g/mol. The van der Waals surface area contributed by atoms with E-state index in [9.17, 15) is 19.6 Å². The summed E-state index contributed by atoms with van der Waals surface area (Å²) in [5.74, 6) is 1.11. The van der Waals surface area contributed by atoms with Gasteiger partial charge in [-0.2, -0.15) is 0 Å². The van der Waals surface area contributed by atoms with Crippen molar-refractivity contribution in [2.24, 2.45) is 0 Å². The SMILES string of the molecule is O=Cc1cc(C(=O)N2CCn3c(nnc3-c3ccc(Cl)cc3)C2)ccc1B(O)O. The van der Waals surface area contributed by atoms with Gasteiger partial charge in [0, 0.05) is 34.8 Å². The third kappa shape index (κ3) is 3.67. The van der Waals surface area contributed by atoms with Crippen molar-refractivity contribution < 1.29 is 19.6 Å². The van der Waals surface area contributed by atoms with E-state index in [0.717, 1.165) is 5.56 Å². The molecule has 0 aliphatic carbocycles. The molecule has 1 amide bonds. The molecule has 0 unspecified atom stereocenters. The zero-order chi connectivity index (χ0) is 20.5. The van der Waals surface area contributed by atoms with E-state index in [0.29, 0.717) is 41.6 Å². The fourth-order valence-corrected chi connectivity index (χ4v) is 3.50. The van der Waals surface area contributed by atoms with Gasteiger partial charge in [0.1, 0.15) is 6.29 Å². The van der Waals surface area contributed by atoms with Crippen LogP contribution in [0.2, 0.25) is 5.02 Å². The van der Waals surface area contributed by atoms with Crippen LogP contribution in [0, 0.1) is 0 Å². The maximum absolute atomic E-state index is 12.9. The molecule has 2 aromatic carbocycles. The number of amides is 1. The molecule has 0 atom stereocenters. The van der Waals surface area contributed by atoms with Gasteiger partial charge in [-0.3, -0.25) is 9.59 Å². The van der Waals surface area contributed by atoms with Crippen LogP contribution in [0.25, 0.3) is 11.4 Å². The first kappa shape index (κ1) is 19.3. The summed E-state index contributed by atoms with van der Waals surface area (Å²) in [5, 5.41) is 27.7. The highest BCUT2D eigenvalue weighted by molar-refractivity contribution is 6.60. The van der Waals surface area contributed by atoms with Crippen LogP contribution in [0.15, 0.2) is 42.5 Å². The first-order valence-electron chi connectivity index (χ1n) is 8.90. The normalized spacial score (nSPS) is 13.1. The number of nitrogens with zero attached hydrogens (tertiary/aromatic N) is 4. The summed E-state index contributed by atoms with van der Waals surface area (Å²) in [4.78, 5) is 25.7. The molecular formula is C19H16BClN4O4. The molecule has 3 aromatic rings. The number of hydrogen-bond acceptors (Lipinski definition) is 6. The second kappa shape index (κ2) is 7.78. The Bertz CT molecular complexity index is 1080. The Morgan fingerprint density at radius 2 is 1.86 bits per heavy atom. The molecule has 0 saturated carbocycles. The summed E-state index contributed by atoms with van der Waals surface area (Å²) < 4.78 is 1.97. The standard InChI is InChI=1S/C19H16BClN4O4/c21-15-4-1-12(2-5-15)18-23-22-17-10-24(7-8-25(17)18)19(27)13-3-6-16(20(28)29)14(9-13)11-26/h1-6,9,11,28-29H,7-8,10H2. The predicted octanol–water partition coefficient (Wildman–Crippen LogP) is 0.747. The largest absolute Gasteiger partial charge is 0.489 e. The lowest BCUT2D eigenvalue weighted by molar-refractivity contribution is 0.0708. The maximum Gasteiger partial charge on any atom is 0.489 e. The van der Waals surface area contributed by atoms with Crippen molar-refractivity contribution in [1.82, 2.24) is 19.7 Å². The van der Waals surface area contributed by atoms with Crippen LogP contribution in [-0.2, 0) is 13.1 Å². The number of carbonyl (C=O) groups excluding carboxylic acids is 2. The number of aromatic nitrogens is 3. The summed E-state index contributed by atoms with van der Waals surface area (Å²) in [7, 11) is -1.78. The first-order valence-corrected chi connectivity index (χ1v) is 9.28. The van der Waals surface area contributed by atoms with Gasteiger partial charge in [-0.25, -0.2) is 0 Å². The van der Waals surface area contributed by atoms with Gasteiger partial charge >= 0.3 is 7.12 Å². The molecule has 146 valence electrons. The van der Waals surface area contributed by atoms with Crippen molar-refractivity contribution in [3.8, 4) is 11.4 Å². The van der Waals surface area contributed by atoms with Crippen LogP contribution in [0.1, 0.15) is 26.5 Å². The molecule has 29 heavy (non-hydrogen) atoms. The summed E-state index contributed by atoms with van der Waals surface area (Å²) in [6.07, 6.45) is 0.497. The van der Waals surface area contributed by atoms with Crippen molar-refractivity contribution in [2.75, 3.05) is 6.54 Å². The highest BCUT2D eigenvalue weighted by Gasteiger charge is 2.26. The topological polar surface area (TPSA) is 109 Å². The molecule has 2 N–H and O–H groups in total. The van der Waals surface area contributed by atoms with Crippen LogP contribution in [-0.4, -0.2) is 55.6 Å². The van der Waals surface area contributed by atoms with Crippen LogP contribution in [0.5, 0.6) is 0 Å². The molecule has 8 nitrogen and oxygen atoms in total. The number of fused-ring (bicyclic) bond motifs is 1. The van der Waals surface area contributed by atoms with Crippen LogP contribution < -0.4 is 5.46 Å². The zero-order valence-electron chi connectivity index (χ0n) is 15.2. The molecule has 0 bridgehead atoms. The Morgan fingerprint density at radius 3 is 2.55 bits per heavy atom. The van der Waals surface area contributed by atoms with E-state index in [-0.39, 0.29) is 23.5 Å². The third-order valence-corrected chi connectivity index (χ3v) is 5.13. The van der Waals surface area contributed by atoms with Crippen LogP contribution in [0.4, 0.5) is 0 Å². The molecule has 1 aromatic heterocycles. The number of rotatable bonds is 4. The molecule has 1 aliphatic heterocycles. The van der Waals surface area contributed by atoms with E-state index in [4.69, 9.17) is 11.6 Å². The number of benzene rings is 2. The zero-order valence-corrected chi connectivity index (χ0v) is 16.0. The second-order valence-corrected chi connectivity index (χ2v) is 7.10. The fourth-order valence-electron chi connectivity index (χ4n) is 3.37. The van der Waals surface area contributed by atoms with Gasteiger partial charge < -0.3 is 19.5 Å². The Kier molecular flexibility index (Phi) is 5.19. The Hall–Kier alpha value is -3.01. The highest BCUT2D eigenvalue weighted by atomic mass is 35.5. The van der Waals surface area contributed by atoms with Crippen molar-refractivity contribution in [3.05, 3.63) is 64.4 Å². The molecule has 0 spiro atoms. The molecule has 10 heteroatoms. The fraction of sp³-hybridized carbons (Fsp3) is 0.158. The molecular weight excluding hydrogens is 394 g/mol. The summed E-state index contributed by atoms with van der Waals surface area (Å²) in [6.45, 7) is 1.26. The lowest BCUT2D eigenvalue weighted by Gasteiger charge is -2.28. The molecule has 0 saturated heterocycles. The number of hydrogen-bond donors (Lipinski definition) is 2. The van der Waals surface area contributed by atoms with E-state index in [1.54, 1.807) is 17.0 Å². The number of halogens is 1. The predicted molar refractivity (Wildman–Crippen MR) is 107 cm³/mol. The average Bonchev–Trinajstić information content (AvgIpc) is 3.16. The minimum Gasteiger partial charge on any atom is -0.423 e. The van der Waals surface area contributed by atoms with E-state index < -0.39 is 7.12 Å². The third-order valence-electron chi connectivity index (χ3n) is 4.88.